The molecule has 0 saturated heterocycles. The molecule has 0 spiro atoms. The summed E-state index contributed by atoms with van der Waals surface area (Å²) in [7, 11) is 0. The van der Waals surface area contributed by atoms with Gasteiger partial charge in [0, 0.05) is 5.56 Å². The average Bonchev–Trinajstić information content (AvgIpc) is 2.36. The summed E-state index contributed by atoms with van der Waals surface area (Å²) in [6.45, 7) is 5.41. The van der Waals surface area contributed by atoms with Crippen LogP contribution in [0.1, 0.15) is 38.7 Å². The molecule has 0 bridgehead atoms. The van der Waals surface area contributed by atoms with Crippen LogP contribution in [0.4, 0.5) is 0 Å². The SMILES string of the molecule is CCCCCOc1ccc(C(N)=S)cc1OCC. The van der Waals surface area contributed by atoms with E-state index < -0.39 is 0 Å². The number of benzene rings is 1. The molecule has 0 fully saturated rings. The number of hydrogen-bond acceptors (Lipinski definition) is 3. The normalized spacial score (nSPS) is 10.1. The van der Waals surface area contributed by atoms with E-state index in [0.717, 1.165) is 17.7 Å². The number of ether oxygens (including phenoxy) is 2. The lowest BCUT2D eigenvalue weighted by molar-refractivity contribution is 0.271. The third-order valence-electron chi connectivity index (χ3n) is 2.53. The van der Waals surface area contributed by atoms with Crippen molar-refractivity contribution in [3.05, 3.63) is 23.8 Å². The third kappa shape index (κ3) is 4.53. The molecule has 0 aliphatic carbocycles. The maximum atomic E-state index is 5.72. The Morgan fingerprint density at radius 3 is 2.56 bits per heavy atom. The van der Waals surface area contributed by atoms with Gasteiger partial charge < -0.3 is 15.2 Å². The first-order valence-corrected chi connectivity index (χ1v) is 6.79. The van der Waals surface area contributed by atoms with Gasteiger partial charge in [0.25, 0.3) is 0 Å². The zero-order valence-electron chi connectivity index (χ0n) is 11.1. The van der Waals surface area contributed by atoms with E-state index in [1.165, 1.54) is 12.8 Å². The van der Waals surface area contributed by atoms with Gasteiger partial charge in [-0.05, 0) is 31.5 Å². The minimum atomic E-state index is 0.369. The smallest absolute Gasteiger partial charge is 0.161 e. The van der Waals surface area contributed by atoms with Crippen LogP contribution in [0.3, 0.4) is 0 Å². The highest BCUT2D eigenvalue weighted by Gasteiger charge is 2.07. The highest BCUT2D eigenvalue weighted by Crippen LogP contribution is 2.28. The molecule has 0 aromatic heterocycles. The Morgan fingerprint density at radius 1 is 1.17 bits per heavy atom. The lowest BCUT2D eigenvalue weighted by Gasteiger charge is -2.13. The number of unbranched alkanes of at least 4 members (excludes halogenated alkanes) is 2. The van der Waals surface area contributed by atoms with E-state index in [1.807, 2.05) is 25.1 Å². The van der Waals surface area contributed by atoms with Crippen LogP contribution < -0.4 is 15.2 Å². The predicted molar refractivity (Wildman–Crippen MR) is 78.5 cm³/mol. The quantitative estimate of drug-likeness (QED) is 0.580. The first-order chi connectivity index (χ1) is 8.69. The molecule has 100 valence electrons. The van der Waals surface area contributed by atoms with Crippen LogP contribution in [0.2, 0.25) is 0 Å². The Hall–Kier alpha value is -1.29. The second-order valence-electron chi connectivity index (χ2n) is 4.01. The molecule has 0 radical (unpaired) electrons. The lowest BCUT2D eigenvalue weighted by atomic mass is 10.2. The van der Waals surface area contributed by atoms with Gasteiger partial charge in [-0.1, -0.05) is 32.0 Å². The molecule has 1 aromatic rings. The highest BCUT2D eigenvalue weighted by molar-refractivity contribution is 7.80. The van der Waals surface area contributed by atoms with Crippen molar-refractivity contribution in [2.75, 3.05) is 13.2 Å². The van der Waals surface area contributed by atoms with Crippen LogP contribution in [0, 0.1) is 0 Å². The molecular weight excluding hydrogens is 246 g/mol. The standard InChI is InChI=1S/C14H21NO2S/c1-3-5-6-9-17-12-8-7-11(14(15)18)10-13(12)16-4-2/h7-8,10H,3-6,9H2,1-2H3,(H2,15,18). The minimum absolute atomic E-state index is 0.369. The van der Waals surface area contributed by atoms with Crippen LogP contribution >= 0.6 is 12.2 Å². The maximum absolute atomic E-state index is 5.72. The van der Waals surface area contributed by atoms with Gasteiger partial charge in [0.2, 0.25) is 0 Å². The van der Waals surface area contributed by atoms with E-state index in [-0.39, 0.29) is 0 Å². The van der Waals surface area contributed by atoms with Crippen LogP contribution in [-0.2, 0) is 0 Å². The van der Waals surface area contributed by atoms with E-state index in [0.29, 0.717) is 24.0 Å². The number of thiocarbonyl (C=S) groups is 1. The van der Waals surface area contributed by atoms with Gasteiger partial charge in [-0.25, -0.2) is 0 Å². The van der Waals surface area contributed by atoms with Crippen molar-refractivity contribution in [1.29, 1.82) is 0 Å². The van der Waals surface area contributed by atoms with Gasteiger partial charge in [-0.15, -0.1) is 0 Å². The van der Waals surface area contributed by atoms with Crippen molar-refractivity contribution in [1.82, 2.24) is 0 Å². The maximum Gasteiger partial charge on any atom is 0.161 e. The van der Waals surface area contributed by atoms with Crippen LogP contribution in [0.5, 0.6) is 11.5 Å². The van der Waals surface area contributed by atoms with Crippen molar-refractivity contribution >= 4 is 17.2 Å². The zero-order valence-corrected chi connectivity index (χ0v) is 11.9. The van der Waals surface area contributed by atoms with Crippen molar-refractivity contribution < 1.29 is 9.47 Å². The fourth-order valence-corrected chi connectivity index (χ4v) is 1.71. The average molecular weight is 267 g/mol. The first kappa shape index (κ1) is 14.8. The van der Waals surface area contributed by atoms with E-state index in [4.69, 9.17) is 27.4 Å². The van der Waals surface area contributed by atoms with Gasteiger partial charge in [0.1, 0.15) is 4.99 Å². The topological polar surface area (TPSA) is 44.5 Å². The fraction of sp³-hybridized carbons (Fsp3) is 0.500. The third-order valence-corrected chi connectivity index (χ3v) is 2.77. The summed E-state index contributed by atoms with van der Waals surface area (Å²) < 4.78 is 11.3. The summed E-state index contributed by atoms with van der Waals surface area (Å²) in [4.78, 5) is 0.369. The largest absolute Gasteiger partial charge is 0.490 e. The van der Waals surface area contributed by atoms with E-state index in [9.17, 15) is 0 Å². The molecule has 2 N–H and O–H groups in total. The molecule has 0 unspecified atom stereocenters. The molecule has 3 nitrogen and oxygen atoms in total. The van der Waals surface area contributed by atoms with Crippen molar-refractivity contribution in [3.8, 4) is 11.5 Å². The Balaban J connectivity index is 2.73. The van der Waals surface area contributed by atoms with Gasteiger partial charge in [-0.3, -0.25) is 0 Å². The summed E-state index contributed by atoms with van der Waals surface area (Å²) >= 11 is 4.95. The predicted octanol–water partition coefficient (Wildman–Crippen LogP) is 3.29. The molecule has 4 heteroatoms. The first-order valence-electron chi connectivity index (χ1n) is 6.38. The van der Waals surface area contributed by atoms with Gasteiger partial charge in [0.15, 0.2) is 11.5 Å². The van der Waals surface area contributed by atoms with Crippen LogP contribution in [0.15, 0.2) is 18.2 Å². The number of rotatable bonds is 8. The van der Waals surface area contributed by atoms with Crippen molar-refractivity contribution in [2.24, 2.45) is 5.73 Å². The van der Waals surface area contributed by atoms with Crippen molar-refractivity contribution in [2.45, 2.75) is 33.1 Å². The van der Waals surface area contributed by atoms with Gasteiger partial charge in [-0.2, -0.15) is 0 Å². The molecule has 1 aromatic carbocycles. The summed E-state index contributed by atoms with van der Waals surface area (Å²) in [5.41, 5.74) is 6.40. The molecule has 0 amide bonds. The summed E-state index contributed by atoms with van der Waals surface area (Å²) in [5, 5.41) is 0. The number of hydrogen-bond donors (Lipinski definition) is 1. The number of nitrogens with two attached hydrogens (primary N) is 1. The molecule has 0 atom stereocenters. The van der Waals surface area contributed by atoms with Crippen LogP contribution in [-0.4, -0.2) is 18.2 Å². The monoisotopic (exact) mass is 267 g/mol. The molecule has 0 aliphatic rings. The Labute approximate surface area is 114 Å². The van der Waals surface area contributed by atoms with Gasteiger partial charge in [0.05, 0.1) is 13.2 Å². The fourth-order valence-electron chi connectivity index (χ4n) is 1.58. The summed E-state index contributed by atoms with van der Waals surface area (Å²) in [6.07, 6.45) is 3.41. The highest BCUT2D eigenvalue weighted by atomic mass is 32.1. The molecule has 1 rings (SSSR count). The van der Waals surface area contributed by atoms with E-state index in [2.05, 4.69) is 6.92 Å². The van der Waals surface area contributed by atoms with Crippen molar-refractivity contribution in [3.63, 3.8) is 0 Å². The summed E-state index contributed by atoms with van der Waals surface area (Å²) in [6, 6.07) is 5.56. The second kappa shape index (κ2) is 7.93. The Bertz CT molecular complexity index is 393. The van der Waals surface area contributed by atoms with E-state index >= 15 is 0 Å². The zero-order chi connectivity index (χ0) is 13.4. The lowest BCUT2D eigenvalue weighted by Crippen LogP contribution is -2.10. The minimum Gasteiger partial charge on any atom is -0.490 e. The Kier molecular flexibility index (Phi) is 6.50. The molecule has 18 heavy (non-hydrogen) atoms. The van der Waals surface area contributed by atoms with Gasteiger partial charge >= 0.3 is 0 Å². The Morgan fingerprint density at radius 2 is 1.94 bits per heavy atom. The van der Waals surface area contributed by atoms with Crippen LogP contribution in [0.25, 0.3) is 0 Å². The molecular formula is C14H21NO2S. The molecule has 0 aliphatic heterocycles. The van der Waals surface area contributed by atoms with E-state index in [1.54, 1.807) is 0 Å². The molecule has 0 saturated carbocycles. The summed E-state index contributed by atoms with van der Waals surface area (Å²) in [5.74, 6) is 1.47. The molecule has 0 heterocycles. The second-order valence-corrected chi connectivity index (χ2v) is 4.45.